The molecule has 1 aliphatic heterocycles. The van der Waals surface area contributed by atoms with Crippen molar-refractivity contribution in [3.8, 4) is 0 Å². The van der Waals surface area contributed by atoms with Crippen LogP contribution in [0, 0.1) is 22.7 Å². The number of aliphatic hydroxyl groups excluding tert-OH is 2. The largest absolute Gasteiger partial charge is 0.390 e. The number of benzene rings is 2. The molecule has 12 atom stereocenters. The monoisotopic (exact) mass is 818 g/mol. The van der Waals surface area contributed by atoms with Gasteiger partial charge in [-0.15, -0.1) is 0 Å². The van der Waals surface area contributed by atoms with Gasteiger partial charge >= 0.3 is 0 Å². The van der Waals surface area contributed by atoms with Gasteiger partial charge in [0.1, 0.15) is 24.9 Å². The zero-order valence-electron chi connectivity index (χ0n) is 33.5. The molecule has 316 valence electrons. The number of rotatable bonds is 12. The Kier molecular flexibility index (Phi) is 11.3. The molecule has 2 aromatic carbocycles. The summed E-state index contributed by atoms with van der Waals surface area (Å²) in [5.74, 6) is -4.12. The summed E-state index contributed by atoms with van der Waals surface area (Å²) >= 11 is 0. The molecule has 4 fully saturated rings. The Balaban J connectivity index is 1.03. The van der Waals surface area contributed by atoms with Crippen molar-refractivity contribution >= 4 is 35.0 Å². The van der Waals surface area contributed by atoms with Gasteiger partial charge in [0.25, 0.3) is 0 Å². The summed E-state index contributed by atoms with van der Waals surface area (Å²) in [5.41, 5.74) is 1.38. The Bertz CT molecular complexity index is 2100. The SMILES string of the molecule is C[C@H](NC(=O)CCN)C(=O)N[C@@H](C)C(=O)Nc1cccc(Cc2ccc([C@@H]3O[C@@H]4CC5[C@@H]6C[C@H](F)C7=CC(=O)C=C[C@]7(C)[C@@]6(F)[C@@H](O)C[C@]5(C)[C@]4(C(=O)CO)O3)cc2)c1. The summed E-state index contributed by atoms with van der Waals surface area (Å²) in [6.45, 7) is 5.58. The van der Waals surface area contributed by atoms with Crippen LogP contribution < -0.4 is 21.7 Å². The number of nitrogens with two attached hydrogens (primary N) is 1. The lowest BCUT2D eigenvalue weighted by Gasteiger charge is -2.63. The van der Waals surface area contributed by atoms with Gasteiger partial charge in [-0.2, -0.15) is 0 Å². The number of amides is 3. The third-order valence-electron chi connectivity index (χ3n) is 13.7. The third-order valence-corrected chi connectivity index (χ3v) is 13.7. The van der Waals surface area contributed by atoms with E-state index in [2.05, 4.69) is 16.0 Å². The smallest absolute Gasteiger partial charge is 0.246 e. The number of halogens is 2. The second-order valence-corrected chi connectivity index (χ2v) is 17.2. The number of ether oxygens (including phenoxy) is 2. The zero-order chi connectivity index (χ0) is 42.7. The highest BCUT2D eigenvalue weighted by Gasteiger charge is 2.80. The predicted octanol–water partition coefficient (Wildman–Crippen LogP) is 3.22. The van der Waals surface area contributed by atoms with Crippen LogP contribution in [0.1, 0.15) is 76.4 Å². The molecule has 4 aliphatic carbocycles. The Hall–Kier alpha value is -4.67. The van der Waals surface area contributed by atoms with E-state index >= 15 is 8.78 Å². The van der Waals surface area contributed by atoms with Gasteiger partial charge in [-0.05, 0) is 93.4 Å². The molecule has 7 N–H and O–H groups in total. The van der Waals surface area contributed by atoms with Crippen LogP contribution >= 0.6 is 0 Å². The van der Waals surface area contributed by atoms with Crippen LogP contribution in [0.2, 0.25) is 0 Å². The number of Topliss-reactive ketones (excluding diaryl/α,β-unsaturated/α-hetero) is 1. The van der Waals surface area contributed by atoms with Crippen molar-refractivity contribution < 1.29 is 52.4 Å². The van der Waals surface area contributed by atoms with E-state index in [1.54, 1.807) is 31.2 Å². The quantitative estimate of drug-likeness (QED) is 0.185. The molecule has 0 aromatic heterocycles. The zero-order valence-corrected chi connectivity index (χ0v) is 33.5. The lowest BCUT2D eigenvalue weighted by molar-refractivity contribution is -0.235. The molecule has 1 saturated heterocycles. The summed E-state index contributed by atoms with van der Waals surface area (Å²) in [5, 5.41) is 30.0. The highest BCUT2D eigenvalue weighted by molar-refractivity contribution is 6.01. The molecular weight excluding hydrogens is 766 g/mol. The van der Waals surface area contributed by atoms with Crippen LogP contribution in [0.5, 0.6) is 0 Å². The predicted molar refractivity (Wildman–Crippen MR) is 211 cm³/mol. The summed E-state index contributed by atoms with van der Waals surface area (Å²) in [4.78, 5) is 63.3. The van der Waals surface area contributed by atoms with Gasteiger partial charge in [-0.3, -0.25) is 24.0 Å². The van der Waals surface area contributed by atoms with E-state index in [1.165, 1.54) is 32.9 Å². The lowest BCUT2D eigenvalue weighted by atomic mass is 9.44. The standard InChI is InChI=1S/C44H52F2N4O9/c1-23(48-37(55)13-15-47)38(56)49-24(2)39(57)50-28-7-5-6-26(17-28)16-25-8-10-27(11-9-25)40-58-36-20-30-31-19-33(45)32-18-29(52)12-14-41(32,3)43(31,46)34(53)21-42(30,4)44(36,59-40)35(54)22-51/h5-12,14,17-18,23-24,30-31,33-34,36,40,51,53H,13,15-16,19-22,47H2,1-4H3,(H,48,55)(H,49,56)(H,50,57)/t23-,24-,30?,31-,33-,34-,36+,40+,41-,42-,43-,44+/m0/s1. The molecule has 7 rings (SSSR count). The van der Waals surface area contributed by atoms with Crippen molar-refractivity contribution in [2.75, 3.05) is 18.5 Å². The van der Waals surface area contributed by atoms with Crippen LogP contribution in [0.25, 0.3) is 0 Å². The number of carbonyl (C=O) groups is 5. The first kappa shape index (κ1) is 42.5. The molecule has 0 spiro atoms. The van der Waals surface area contributed by atoms with E-state index in [0.29, 0.717) is 17.7 Å². The Morgan fingerprint density at radius 1 is 0.983 bits per heavy atom. The summed E-state index contributed by atoms with van der Waals surface area (Å²) in [6.07, 6.45) is -1.33. The van der Waals surface area contributed by atoms with Crippen LogP contribution in [-0.2, 0) is 39.9 Å². The molecule has 1 heterocycles. The lowest BCUT2D eigenvalue weighted by Crippen LogP contribution is -2.70. The van der Waals surface area contributed by atoms with Crippen LogP contribution in [0.3, 0.4) is 0 Å². The van der Waals surface area contributed by atoms with E-state index in [1.807, 2.05) is 24.3 Å². The Morgan fingerprint density at radius 2 is 1.69 bits per heavy atom. The molecule has 0 bridgehead atoms. The topological polar surface area (TPSA) is 206 Å². The van der Waals surface area contributed by atoms with Crippen molar-refractivity contribution in [2.45, 2.75) is 108 Å². The van der Waals surface area contributed by atoms with Crippen molar-refractivity contribution in [2.24, 2.45) is 28.4 Å². The summed E-state index contributed by atoms with van der Waals surface area (Å²) in [6, 6.07) is 12.8. The minimum Gasteiger partial charge on any atom is -0.390 e. The fraction of sp³-hybridized carbons (Fsp3) is 0.523. The molecule has 15 heteroatoms. The van der Waals surface area contributed by atoms with E-state index in [4.69, 9.17) is 15.2 Å². The minimum atomic E-state index is -2.34. The van der Waals surface area contributed by atoms with Crippen molar-refractivity contribution in [3.05, 3.63) is 89.0 Å². The molecule has 5 aliphatic rings. The molecule has 13 nitrogen and oxygen atoms in total. The maximum Gasteiger partial charge on any atom is 0.246 e. The highest BCUT2D eigenvalue weighted by atomic mass is 19.1. The fourth-order valence-corrected chi connectivity index (χ4v) is 10.7. The first-order valence-corrected chi connectivity index (χ1v) is 20.1. The Labute approximate surface area is 341 Å². The van der Waals surface area contributed by atoms with E-state index < -0.39 is 101 Å². The van der Waals surface area contributed by atoms with Crippen LogP contribution in [0.15, 0.2) is 72.3 Å². The number of nitrogens with one attached hydrogen (secondary N) is 3. The summed E-state index contributed by atoms with van der Waals surface area (Å²) in [7, 11) is 0. The van der Waals surface area contributed by atoms with Crippen LogP contribution in [-0.4, -0.2) is 94.4 Å². The number of carbonyl (C=O) groups excluding carboxylic acids is 5. The highest BCUT2D eigenvalue weighted by Crippen LogP contribution is 2.72. The number of fused-ring (bicyclic) bond motifs is 7. The molecule has 2 aromatic rings. The maximum absolute atomic E-state index is 17.7. The maximum atomic E-state index is 17.7. The number of hydrogen-bond acceptors (Lipinski definition) is 10. The molecule has 3 saturated carbocycles. The minimum absolute atomic E-state index is 0.00695. The average Bonchev–Trinajstić information content (AvgIpc) is 3.69. The second kappa shape index (κ2) is 15.7. The summed E-state index contributed by atoms with van der Waals surface area (Å²) < 4.78 is 46.7. The third kappa shape index (κ3) is 6.94. The number of aliphatic hydroxyl groups is 2. The number of anilines is 1. The molecule has 59 heavy (non-hydrogen) atoms. The van der Waals surface area contributed by atoms with Gasteiger partial charge in [0, 0.05) is 41.0 Å². The number of allylic oxidation sites excluding steroid dienone is 4. The number of alkyl halides is 2. The van der Waals surface area contributed by atoms with Gasteiger partial charge in [0.2, 0.25) is 17.7 Å². The van der Waals surface area contributed by atoms with Gasteiger partial charge in [-0.1, -0.05) is 49.4 Å². The van der Waals surface area contributed by atoms with Gasteiger partial charge < -0.3 is 41.4 Å². The van der Waals surface area contributed by atoms with E-state index in [9.17, 15) is 34.2 Å². The first-order valence-electron chi connectivity index (χ1n) is 20.1. The van der Waals surface area contributed by atoms with Gasteiger partial charge in [0.15, 0.2) is 29.1 Å². The molecule has 1 unspecified atom stereocenters. The van der Waals surface area contributed by atoms with Gasteiger partial charge in [-0.25, -0.2) is 8.78 Å². The number of ketones is 2. The van der Waals surface area contributed by atoms with E-state index in [-0.39, 0.29) is 43.7 Å². The van der Waals surface area contributed by atoms with E-state index in [0.717, 1.165) is 17.2 Å². The van der Waals surface area contributed by atoms with Crippen LogP contribution in [0.4, 0.5) is 14.5 Å². The van der Waals surface area contributed by atoms with Gasteiger partial charge in [0.05, 0.1) is 12.2 Å². The Morgan fingerprint density at radius 3 is 2.39 bits per heavy atom. The average molecular weight is 819 g/mol. The number of hydrogen-bond donors (Lipinski definition) is 6. The van der Waals surface area contributed by atoms with Crippen molar-refractivity contribution in [1.29, 1.82) is 0 Å². The molecular formula is C44H52F2N4O9. The first-order chi connectivity index (χ1) is 27.9. The molecule has 0 radical (unpaired) electrons. The van der Waals surface area contributed by atoms with Crippen molar-refractivity contribution in [1.82, 2.24) is 10.6 Å². The normalized spacial score (nSPS) is 35.3. The molecule has 3 amide bonds. The second-order valence-electron chi connectivity index (χ2n) is 17.2. The fourth-order valence-electron chi connectivity index (χ4n) is 10.7. The van der Waals surface area contributed by atoms with Crippen molar-refractivity contribution in [3.63, 3.8) is 0 Å².